The van der Waals surface area contributed by atoms with Crippen molar-refractivity contribution >= 4 is 21.9 Å². The fourth-order valence-electron chi connectivity index (χ4n) is 4.75. The van der Waals surface area contributed by atoms with Gasteiger partial charge in [0.2, 0.25) is 0 Å². The summed E-state index contributed by atoms with van der Waals surface area (Å²) in [6.45, 7) is 13.2. The van der Waals surface area contributed by atoms with Crippen LogP contribution in [0.25, 0.3) is 44.3 Å². The quantitative estimate of drug-likeness (QED) is 0.265. The van der Waals surface area contributed by atoms with Crippen LogP contribution < -0.4 is 0 Å². The number of aromatic nitrogens is 1. The molecular weight excluding hydrogens is 428 g/mol. The van der Waals surface area contributed by atoms with E-state index in [-0.39, 0.29) is 10.8 Å². The predicted molar refractivity (Wildman–Crippen MR) is 145 cm³/mol. The van der Waals surface area contributed by atoms with Crippen LogP contribution in [0, 0.1) is 11.3 Å². The largest absolute Gasteiger partial charge is 0.455 e. The summed E-state index contributed by atoms with van der Waals surface area (Å²) >= 11 is 0. The molecule has 0 fully saturated rings. The maximum absolute atomic E-state index is 9.92. The number of furan rings is 1. The van der Waals surface area contributed by atoms with E-state index >= 15 is 0 Å². The Kier molecular flexibility index (Phi) is 5.29. The Labute approximate surface area is 207 Å². The van der Waals surface area contributed by atoms with Crippen LogP contribution >= 0.6 is 0 Å². The normalized spacial score (nSPS) is 12.3. The van der Waals surface area contributed by atoms with Gasteiger partial charge in [-0.05, 0) is 51.8 Å². The summed E-state index contributed by atoms with van der Waals surface area (Å²) in [5.74, 6) is 0. The van der Waals surface area contributed by atoms with Gasteiger partial charge in [-0.2, -0.15) is 5.26 Å². The van der Waals surface area contributed by atoms with Crippen molar-refractivity contribution < 1.29 is 4.42 Å². The van der Waals surface area contributed by atoms with Crippen molar-refractivity contribution in [3.8, 4) is 28.5 Å². The second-order valence-electron chi connectivity index (χ2n) is 11.2. The molecule has 0 saturated carbocycles. The molecule has 0 aliphatic rings. The molecule has 0 atom stereocenters. The maximum Gasteiger partial charge on any atom is 0.145 e. The topological polar surface area (TPSA) is 49.8 Å². The van der Waals surface area contributed by atoms with Crippen molar-refractivity contribution in [2.24, 2.45) is 0 Å². The van der Waals surface area contributed by atoms with Crippen molar-refractivity contribution in [2.45, 2.75) is 52.4 Å². The molecular formula is C32H30N2O. The van der Waals surface area contributed by atoms with E-state index in [2.05, 4.69) is 71.9 Å². The number of benzene rings is 3. The number of nitriles is 1. The summed E-state index contributed by atoms with van der Waals surface area (Å²) in [5.41, 5.74) is 8.17. The molecule has 3 heteroatoms. The van der Waals surface area contributed by atoms with E-state index in [4.69, 9.17) is 9.40 Å². The Morgan fingerprint density at radius 3 is 2.11 bits per heavy atom. The van der Waals surface area contributed by atoms with Gasteiger partial charge in [0.15, 0.2) is 0 Å². The lowest BCUT2D eigenvalue weighted by atomic mass is 9.82. The SMILES string of the molecule is CC(C)(C)c1ccc(-c2ccc(C(C)(C)C)c3c2oc2c(-c4ccccc4)c(C#N)ccc23)nc1. The van der Waals surface area contributed by atoms with E-state index in [0.717, 1.165) is 44.3 Å². The van der Waals surface area contributed by atoms with Gasteiger partial charge in [-0.3, -0.25) is 4.98 Å². The van der Waals surface area contributed by atoms with Gasteiger partial charge in [0.1, 0.15) is 11.2 Å². The molecule has 0 spiro atoms. The number of fused-ring (bicyclic) bond motifs is 3. The van der Waals surface area contributed by atoms with Gasteiger partial charge in [-0.25, -0.2) is 0 Å². The number of pyridine rings is 1. The molecule has 174 valence electrons. The van der Waals surface area contributed by atoms with Crippen LogP contribution in [0.1, 0.15) is 58.2 Å². The highest BCUT2D eigenvalue weighted by molar-refractivity contribution is 6.15. The number of hydrogen-bond donors (Lipinski definition) is 0. The first kappa shape index (κ1) is 22.9. The van der Waals surface area contributed by atoms with E-state index in [1.54, 1.807) is 0 Å². The zero-order valence-electron chi connectivity index (χ0n) is 21.2. The second kappa shape index (κ2) is 8.10. The zero-order chi connectivity index (χ0) is 25.0. The Bertz CT molecular complexity index is 1590. The van der Waals surface area contributed by atoms with Crippen LogP contribution in [0.3, 0.4) is 0 Å². The third kappa shape index (κ3) is 3.90. The average molecular weight is 459 g/mol. The van der Waals surface area contributed by atoms with Gasteiger partial charge in [0, 0.05) is 28.1 Å². The Balaban J connectivity index is 1.88. The summed E-state index contributed by atoms with van der Waals surface area (Å²) < 4.78 is 6.71. The van der Waals surface area contributed by atoms with E-state index in [1.165, 1.54) is 11.1 Å². The van der Waals surface area contributed by atoms with Crippen LogP contribution in [-0.2, 0) is 10.8 Å². The van der Waals surface area contributed by atoms with E-state index in [0.29, 0.717) is 5.56 Å². The highest BCUT2D eigenvalue weighted by Gasteiger charge is 2.26. The van der Waals surface area contributed by atoms with Crippen molar-refractivity contribution in [1.29, 1.82) is 5.26 Å². The molecule has 0 bridgehead atoms. The van der Waals surface area contributed by atoms with Crippen LogP contribution in [0.2, 0.25) is 0 Å². The van der Waals surface area contributed by atoms with Crippen molar-refractivity contribution in [1.82, 2.24) is 4.98 Å². The molecule has 0 aliphatic heterocycles. The third-order valence-electron chi connectivity index (χ3n) is 6.69. The van der Waals surface area contributed by atoms with Crippen molar-refractivity contribution in [3.63, 3.8) is 0 Å². The van der Waals surface area contributed by atoms with Crippen LogP contribution in [0.4, 0.5) is 0 Å². The number of nitrogens with zero attached hydrogens (tertiary/aromatic N) is 2. The summed E-state index contributed by atoms with van der Waals surface area (Å²) in [5, 5.41) is 12.0. The fraction of sp³-hybridized carbons (Fsp3) is 0.250. The van der Waals surface area contributed by atoms with Crippen molar-refractivity contribution in [2.75, 3.05) is 0 Å². The van der Waals surface area contributed by atoms with Crippen LogP contribution in [0.15, 0.2) is 77.3 Å². The van der Waals surface area contributed by atoms with Crippen molar-refractivity contribution in [3.05, 3.63) is 89.6 Å². The smallest absolute Gasteiger partial charge is 0.145 e. The standard InChI is InChI=1S/C32H30N2O/c1-31(2,3)22-13-17-26(34-19-22)23-15-16-25(32(4,5)6)28-24-14-12-21(18-33)27(30(24)35-29(23)28)20-10-8-7-9-11-20/h7-17,19H,1-6H3. The highest BCUT2D eigenvalue weighted by atomic mass is 16.3. The molecule has 3 nitrogen and oxygen atoms in total. The lowest BCUT2D eigenvalue weighted by Gasteiger charge is -2.21. The molecule has 35 heavy (non-hydrogen) atoms. The van der Waals surface area contributed by atoms with E-state index < -0.39 is 0 Å². The molecule has 2 heterocycles. The molecule has 0 radical (unpaired) electrons. The molecule has 0 aliphatic carbocycles. The molecule has 5 aromatic rings. The average Bonchev–Trinajstić information content (AvgIpc) is 3.21. The third-order valence-corrected chi connectivity index (χ3v) is 6.69. The molecule has 0 saturated heterocycles. The molecule has 0 unspecified atom stereocenters. The first-order valence-corrected chi connectivity index (χ1v) is 12.0. The zero-order valence-corrected chi connectivity index (χ0v) is 21.2. The summed E-state index contributed by atoms with van der Waals surface area (Å²) in [6, 6.07) is 24.9. The summed E-state index contributed by atoms with van der Waals surface area (Å²) in [6.07, 6.45) is 1.96. The molecule has 2 aromatic heterocycles. The van der Waals surface area contributed by atoms with Gasteiger partial charge in [0.25, 0.3) is 0 Å². The minimum absolute atomic E-state index is 0.0363. The van der Waals surface area contributed by atoms with Crippen LogP contribution in [0.5, 0.6) is 0 Å². The minimum Gasteiger partial charge on any atom is -0.455 e. The van der Waals surface area contributed by atoms with Gasteiger partial charge in [0.05, 0.1) is 17.3 Å². The highest BCUT2D eigenvalue weighted by Crippen LogP contribution is 2.44. The molecule has 0 amide bonds. The first-order chi connectivity index (χ1) is 16.6. The number of hydrogen-bond acceptors (Lipinski definition) is 3. The molecule has 5 rings (SSSR count). The fourth-order valence-corrected chi connectivity index (χ4v) is 4.75. The lowest BCUT2D eigenvalue weighted by Crippen LogP contribution is -2.12. The van der Waals surface area contributed by atoms with E-state index in [9.17, 15) is 5.26 Å². The van der Waals surface area contributed by atoms with Gasteiger partial charge < -0.3 is 4.42 Å². The molecule has 3 aromatic carbocycles. The summed E-state index contributed by atoms with van der Waals surface area (Å²) in [7, 11) is 0. The van der Waals surface area contributed by atoms with Gasteiger partial charge >= 0.3 is 0 Å². The minimum atomic E-state index is -0.0854. The Morgan fingerprint density at radius 1 is 0.771 bits per heavy atom. The maximum atomic E-state index is 9.92. The molecule has 0 N–H and O–H groups in total. The second-order valence-corrected chi connectivity index (χ2v) is 11.2. The lowest BCUT2D eigenvalue weighted by molar-refractivity contribution is 0.587. The Hall–Kier alpha value is -3.90. The Morgan fingerprint density at radius 2 is 1.51 bits per heavy atom. The monoisotopic (exact) mass is 458 g/mol. The number of rotatable bonds is 2. The van der Waals surface area contributed by atoms with Crippen LogP contribution in [-0.4, -0.2) is 4.98 Å². The predicted octanol–water partition coefficient (Wildman–Crippen LogP) is 8.78. The summed E-state index contributed by atoms with van der Waals surface area (Å²) in [4.78, 5) is 4.83. The first-order valence-electron chi connectivity index (χ1n) is 12.0. The van der Waals surface area contributed by atoms with E-state index in [1.807, 2.05) is 48.7 Å². The van der Waals surface area contributed by atoms with Gasteiger partial charge in [-0.15, -0.1) is 0 Å². The van der Waals surface area contributed by atoms with Gasteiger partial charge in [-0.1, -0.05) is 84.0 Å².